The molecule has 1 saturated heterocycles. The highest BCUT2D eigenvalue weighted by molar-refractivity contribution is 6.29. The molecule has 0 spiro atoms. The number of aromatic carboxylic acids is 1. The van der Waals surface area contributed by atoms with Crippen LogP contribution < -0.4 is 0 Å². The average molecular weight is 481 g/mol. The molecule has 0 amide bonds. The van der Waals surface area contributed by atoms with Gasteiger partial charge in [0.15, 0.2) is 0 Å². The molecule has 3 aromatic rings. The molecule has 33 heavy (non-hydrogen) atoms. The van der Waals surface area contributed by atoms with Gasteiger partial charge >= 0.3 is 12.1 Å². The molecule has 1 N–H and O–H groups in total. The molecule has 6 nitrogen and oxygen atoms in total. The zero-order valence-corrected chi connectivity index (χ0v) is 19.0. The van der Waals surface area contributed by atoms with Crippen LogP contribution in [0.4, 0.5) is 13.2 Å². The standard InChI is InChI=1S/C23H24ClF3N4O2/c1-14-18(22(32)33)12-19-17(16-3-5-28-20(24)11-16)4-6-31(19)21(14)15(2)30-9-7-29(8-10-30)13-23(25,26)27/h3-6,11-12,15H,7-10,13H2,1-2H3,(H,32,33). The Morgan fingerprint density at radius 3 is 2.52 bits per heavy atom. The number of carboxylic acid groups (broad SMARTS) is 1. The molecular formula is C23H24ClF3N4O2. The van der Waals surface area contributed by atoms with Crippen LogP contribution in [0, 0.1) is 6.92 Å². The second-order valence-electron chi connectivity index (χ2n) is 8.33. The van der Waals surface area contributed by atoms with E-state index in [2.05, 4.69) is 9.88 Å². The van der Waals surface area contributed by atoms with Gasteiger partial charge in [0.2, 0.25) is 0 Å². The highest BCUT2D eigenvalue weighted by Crippen LogP contribution is 2.34. The Bertz CT molecular complexity index is 1190. The van der Waals surface area contributed by atoms with E-state index in [9.17, 15) is 23.1 Å². The minimum Gasteiger partial charge on any atom is -0.478 e. The number of nitrogens with zero attached hydrogens (tertiary/aromatic N) is 4. The SMILES string of the molecule is Cc1c(C(=O)O)cc2c(-c3ccnc(Cl)c3)ccn2c1C(C)N1CCN(CC(F)(F)F)CC1. The van der Waals surface area contributed by atoms with E-state index in [1.807, 2.05) is 29.7 Å². The number of aromatic nitrogens is 2. The predicted octanol–water partition coefficient (Wildman–Crippen LogP) is 4.90. The summed E-state index contributed by atoms with van der Waals surface area (Å²) in [6.07, 6.45) is -0.732. The summed E-state index contributed by atoms with van der Waals surface area (Å²) in [7, 11) is 0. The van der Waals surface area contributed by atoms with Crippen LogP contribution in [0.25, 0.3) is 16.6 Å². The fourth-order valence-electron chi connectivity index (χ4n) is 4.65. The summed E-state index contributed by atoms with van der Waals surface area (Å²) in [5.74, 6) is -1.03. The number of pyridine rings is 2. The lowest BCUT2D eigenvalue weighted by molar-refractivity contribution is -0.149. The molecule has 4 rings (SSSR count). The van der Waals surface area contributed by atoms with Crippen molar-refractivity contribution >= 4 is 23.1 Å². The molecule has 0 aromatic carbocycles. The molecule has 4 heterocycles. The fraction of sp³-hybridized carbons (Fsp3) is 0.391. The third-order valence-corrected chi connectivity index (χ3v) is 6.48. The molecule has 176 valence electrons. The van der Waals surface area contributed by atoms with Crippen LogP contribution in [0.1, 0.15) is 34.6 Å². The summed E-state index contributed by atoms with van der Waals surface area (Å²) in [5.41, 5.74) is 4.00. The van der Waals surface area contributed by atoms with E-state index in [-0.39, 0.29) is 11.6 Å². The summed E-state index contributed by atoms with van der Waals surface area (Å²) >= 11 is 6.06. The first-order chi connectivity index (χ1) is 15.5. The highest BCUT2D eigenvalue weighted by atomic mass is 35.5. The van der Waals surface area contributed by atoms with E-state index in [0.717, 1.165) is 22.3 Å². The van der Waals surface area contributed by atoms with Gasteiger partial charge in [0.05, 0.1) is 17.6 Å². The van der Waals surface area contributed by atoms with Crippen LogP contribution in [0.15, 0.2) is 36.7 Å². The molecule has 1 aliphatic heterocycles. The third kappa shape index (κ3) is 4.85. The maximum Gasteiger partial charge on any atom is 0.401 e. The highest BCUT2D eigenvalue weighted by Gasteiger charge is 2.33. The lowest BCUT2D eigenvalue weighted by Gasteiger charge is -2.39. The van der Waals surface area contributed by atoms with Gasteiger partial charge in [0.25, 0.3) is 0 Å². The van der Waals surface area contributed by atoms with Gasteiger partial charge in [-0.25, -0.2) is 9.78 Å². The van der Waals surface area contributed by atoms with Crippen molar-refractivity contribution < 1.29 is 23.1 Å². The topological polar surface area (TPSA) is 61.1 Å². The lowest BCUT2D eigenvalue weighted by Crippen LogP contribution is -2.49. The Kier molecular flexibility index (Phi) is 6.39. The maximum atomic E-state index is 12.7. The quantitative estimate of drug-likeness (QED) is 0.526. The summed E-state index contributed by atoms with van der Waals surface area (Å²) in [6.45, 7) is 4.36. The number of carboxylic acids is 1. The number of rotatable bonds is 5. The first-order valence-electron chi connectivity index (χ1n) is 10.6. The van der Waals surface area contributed by atoms with Crippen molar-refractivity contribution in [3.63, 3.8) is 0 Å². The molecule has 1 fully saturated rings. The molecule has 0 aliphatic carbocycles. The summed E-state index contributed by atoms with van der Waals surface area (Å²) in [4.78, 5) is 19.6. The number of hydrogen-bond donors (Lipinski definition) is 1. The Hall–Kier alpha value is -2.62. The summed E-state index contributed by atoms with van der Waals surface area (Å²) < 4.78 is 40.2. The van der Waals surface area contributed by atoms with Crippen molar-refractivity contribution in [2.75, 3.05) is 32.7 Å². The van der Waals surface area contributed by atoms with Crippen molar-refractivity contribution in [3.8, 4) is 11.1 Å². The zero-order valence-electron chi connectivity index (χ0n) is 18.2. The molecule has 0 bridgehead atoms. The van der Waals surface area contributed by atoms with Gasteiger partial charge in [0, 0.05) is 55.9 Å². The molecular weight excluding hydrogens is 457 g/mol. The van der Waals surface area contributed by atoms with Crippen molar-refractivity contribution in [1.82, 2.24) is 19.2 Å². The predicted molar refractivity (Wildman–Crippen MR) is 120 cm³/mol. The van der Waals surface area contributed by atoms with Crippen LogP contribution in [0.5, 0.6) is 0 Å². The van der Waals surface area contributed by atoms with E-state index in [4.69, 9.17) is 11.6 Å². The lowest BCUT2D eigenvalue weighted by atomic mass is 9.99. The van der Waals surface area contributed by atoms with E-state index in [1.165, 1.54) is 4.90 Å². The number of alkyl halides is 3. The normalized spacial score (nSPS) is 16.9. The average Bonchev–Trinajstić information content (AvgIpc) is 3.15. The monoisotopic (exact) mass is 480 g/mol. The second kappa shape index (κ2) is 8.96. The minimum atomic E-state index is -4.22. The van der Waals surface area contributed by atoms with Crippen molar-refractivity contribution in [2.45, 2.75) is 26.1 Å². The minimum absolute atomic E-state index is 0.193. The van der Waals surface area contributed by atoms with Gasteiger partial charge in [-0.05, 0) is 49.2 Å². The largest absolute Gasteiger partial charge is 0.478 e. The van der Waals surface area contributed by atoms with Crippen LogP contribution >= 0.6 is 11.6 Å². The molecule has 1 atom stereocenters. The number of carbonyl (C=O) groups is 1. The first kappa shape index (κ1) is 23.5. The Morgan fingerprint density at radius 2 is 1.91 bits per heavy atom. The van der Waals surface area contributed by atoms with Crippen molar-refractivity contribution in [2.24, 2.45) is 0 Å². The molecule has 1 aliphatic rings. The molecule has 1 unspecified atom stereocenters. The fourth-order valence-corrected chi connectivity index (χ4v) is 4.83. The van der Waals surface area contributed by atoms with Gasteiger partial charge in [-0.3, -0.25) is 9.80 Å². The van der Waals surface area contributed by atoms with Crippen LogP contribution in [0.2, 0.25) is 5.15 Å². The summed E-state index contributed by atoms with van der Waals surface area (Å²) in [5, 5.41) is 10.2. The first-order valence-corrected chi connectivity index (χ1v) is 11.0. The van der Waals surface area contributed by atoms with Gasteiger partial charge in [0.1, 0.15) is 5.15 Å². The van der Waals surface area contributed by atoms with Gasteiger partial charge < -0.3 is 9.51 Å². The summed E-state index contributed by atoms with van der Waals surface area (Å²) in [6, 6.07) is 6.90. The number of piperazine rings is 1. The van der Waals surface area contributed by atoms with E-state index < -0.39 is 18.7 Å². The number of hydrogen-bond acceptors (Lipinski definition) is 4. The van der Waals surface area contributed by atoms with Crippen LogP contribution in [0.3, 0.4) is 0 Å². The van der Waals surface area contributed by atoms with Crippen LogP contribution in [-0.4, -0.2) is 69.2 Å². The van der Waals surface area contributed by atoms with Crippen molar-refractivity contribution in [3.05, 3.63) is 58.6 Å². The van der Waals surface area contributed by atoms with E-state index >= 15 is 0 Å². The van der Waals surface area contributed by atoms with Gasteiger partial charge in [-0.1, -0.05) is 11.6 Å². The maximum absolute atomic E-state index is 12.7. The second-order valence-corrected chi connectivity index (χ2v) is 8.72. The van der Waals surface area contributed by atoms with Gasteiger partial charge in [-0.2, -0.15) is 13.2 Å². The molecule has 0 radical (unpaired) electrons. The van der Waals surface area contributed by atoms with Crippen molar-refractivity contribution in [1.29, 1.82) is 0 Å². The Labute approximate surface area is 194 Å². The zero-order chi connectivity index (χ0) is 23.9. The third-order valence-electron chi connectivity index (χ3n) is 6.28. The molecule has 3 aromatic heterocycles. The van der Waals surface area contributed by atoms with Crippen LogP contribution in [-0.2, 0) is 0 Å². The Balaban J connectivity index is 1.73. The number of fused-ring (bicyclic) bond motifs is 1. The Morgan fingerprint density at radius 1 is 1.21 bits per heavy atom. The molecule has 10 heteroatoms. The van der Waals surface area contributed by atoms with E-state index in [0.29, 0.717) is 36.9 Å². The smallest absolute Gasteiger partial charge is 0.401 e. The van der Waals surface area contributed by atoms with Gasteiger partial charge in [-0.15, -0.1) is 0 Å². The number of halogens is 4. The van der Waals surface area contributed by atoms with E-state index in [1.54, 1.807) is 25.3 Å². The molecule has 0 saturated carbocycles.